The molecule has 0 amide bonds. The second kappa shape index (κ2) is 7.51. The third-order valence-corrected chi connectivity index (χ3v) is 6.88. The van der Waals surface area contributed by atoms with Crippen molar-refractivity contribution < 1.29 is 4.79 Å². The van der Waals surface area contributed by atoms with E-state index in [0.717, 1.165) is 25.7 Å². The van der Waals surface area contributed by atoms with Crippen LogP contribution in [0, 0.1) is 5.92 Å². The van der Waals surface area contributed by atoms with Gasteiger partial charge in [0.2, 0.25) is 0 Å². The predicted octanol–water partition coefficient (Wildman–Crippen LogP) is 6.12. The fourth-order valence-corrected chi connectivity index (χ4v) is 5.02. The van der Waals surface area contributed by atoms with Gasteiger partial charge in [0.1, 0.15) is 6.29 Å². The predicted molar refractivity (Wildman–Crippen MR) is 129 cm³/mol. The third kappa shape index (κ3) is 4.23. The van der Waals surface area contributed by atoms with Crippen molar-refractivity contribution in [2.24, 2.45) is 5.92 Å². The maximum absolute atomic E-state index is 11.8. The Kier molecular flexibility index (Phi) is 5.77. The van der Waals surface area contributed by atoms with E-state index in [1.807, 2.05) is 0 Å². The van der Waals surface area contributed by atoms with E-state index in [2.05, 4.69) is 91.4 Å². The van der Waals surface area contributed by atoms with Crippen molar-refractivity contribution in [2.75, 3.05) is 13.6 Å². The second-order valence-electron chi connectivity index (χ2n) is 12.5. The first-order chi connectivity index (χ1) is 13.6. The van der Waals surface area contributed by atoms with E-state index in [4.69, 9.17) is 0 Å². The number of aldehydes is 1. The number of nitrogens with zero attached hydrogens (tertiary/aromatic N) is 1. The Morgan fingerprint density at radius 3 is 2.13 bits per heavy atom. The minimum Gasteiger partial charge on any atom is -0.358 e. The number of likely N-dealkylation sites (tertiary alicyclic amines) is 1. The van der Waals surface area contributed by atoms with Crippen LogP contribution >= 0.6 is 0 Å². The van der Waals surface area contributed by atoms with Crippen molar-refractivity contribution in [3.8, 4) is 0 Å². The van der Waals surface area contributed by atoms with E-state index in [0.29, 0.717) is 5.92 Å². The first kappa shape index (κ1) is 23.1. The molecule has 1 aromatic carbocycles. The number of fused-ring (bicyclic) bond motifs is 1. The van der Waals surface area contributed by atoms with Crippen LogP contribution in [-0.2, 0) is 27.5 Å². The quantitative estimate of drug-likeness (QED) is 0.619. The molecular weight excluding hydrogens is 368 g/mol. The van der Waals surface area contributed by atoms with Crippen LogP contribution < -0.4 is 0 Å². The van der Waals surface area contributed by atoms with Gasteiger partial charge < -0.3 is 9.78 Å². The molecule has 0 bridgehead atoms. The van der Waals surface area contributed by atoms with Crippen LogP contribution in [0.2, 0.25) is 0 Å². The van der Waals surface area contributed by atoms with Gasteiger partial charge in [0.25, 0.3) is 0 Å². The Hall–Kier alpha value is -1.61. The largest absolute Gasteiger partial charge is 0.358 e. The molecule has 1 aliphatic rings. The summed E-state index contributed by atoms with van der Waals surface area (Å²) in [5.74, 6) is 0.378. The highest BCUT2D eigenvalue weighted by atomic mass is 16.1. The van der Waals surface area contributed by atoms with Gasteiger partial charge in [-0.25, -0.2) is 0 Å². The molecule has 1 saturated heterocycles. The number of H-pyrrole nitrogens is 1. The molecular formula is C27H42N2O. The van der Waals surface area contributed by atoms with E-state index in [9.17, 15) is 4.79 Å². The summed E-state index contributed by atoms with van der Waals surface area (Å²) >= 11 is 0. The van der Waals surface area contributed by atoms with Crippen LogP contribution in [0.25, 0.3) is 10.9 Å². The summed E-state index contributed by atoms with van der Waals surface area (Å²) in [6, 6.07) is 4.82. The van der Waals surface area contributed by atoms with Gasteiger partial charge in [0.15, 0.2) is 0 Å². The fourth-order valence-electron chi connectivity index (χ4n) is 5.02. The van der Waals surface area contributed by atoms with Gasteiger partial charge in [0.05, 0.1) is 6.04 Å². The Bertz CT molecular complexity index is 931. The highest BCUT2D eigenvalue weighted by Gasteiger charge is 2.35. The summed E-state index contributed by atoms with van der Waals surface area (Å²) in [5, 5.41) is 1.39. The SMILES string of the molecule is CN1CCC(Cc2c(C(C)(C)C)[nH]c3cc(C(C)(C)C)cc(C(C)(C)C)c23)C1C=O. The number of carbonyl (C=O) groups excluding carboxylic acids is 1. The Morgan fingerprint density at radius 1 is 1.00 bits per heavy atom. The zero-order chi connectivity index (χ0) is 22.6. The van der Waals surface area contributed by atoms with Crippen molar-refractivity contribution in [3.05, 3.63) is 34.5 Å². The molecule has 30 heavy (non-hydrogen) atoms. The van der Waals surface area contributed by atoms with Gasteiger partial charge in [-0.15, -0.1) is 0 Å². The number of rotatable bonds is 3. The first-order valence-electron chi connectivity index (χ1n) is 11.5. The first-order valence-corrected chi connectivity index (χ1v) is 11.5. The van der Waals surface area contributed by atoms with E-state index in [1.165, 1.54) is 33.3 Å². The maximum Gasteiger partial charge on any atom is 0.137 e. The lowest BCUT2D eigenvalue weighted by molar-refractivity contribution is -0.112. The van der Waals surface area contributed by atoms with Gasteiger partial charge in [-0.2, -0.15) is 0 Å². The maximum atomic E-state index is 11.8. The summed E-state index contributed by atoms with van der Waals surface area (Å²) in [7, 11) is 2.08. The molecule has 0 saturated carbocycles. The Labute approximate surface area is 183 Å². The van der Waals surface area contributed by atoms with Crippen LogP contribution in [0.15, 0.2) is 12.1 Å². The average molecular weight is 411 g/mol. The monoisotopic (exact) mass is 410 g/mol. The summed E-state index contributed by atoms with van der Waals surface area (Å²) < 4.78 is 0. The van der Waals surface area contributed by atoms with Gasteiger partial charge in [-0.05, 0) is 65.9 Å². The molecule has 0 spiro atoms. The molecule has 2 unspecified atom stereocenters. The molecule has 0 aliphatic carbocycles. The van der Waals surface area contributed by atoms with Gasteiger partial charge in [-0.3, -0.25) is 4.90 Å². The number of carbonyl (C=O) groups is 1. The number of likely N-dealkylation sites (N-methyl/N-ethyl adjacent to an activating group) is 1. The fraction of sp³-hybridized carbons (Fsp3) is 0.667. The molecule has 2 aromatic rings. The molecule has 3 rings (SSSR count). The van der Waals surface area contributed by atoms with E-state index in [1.54, 1.807) is 0 Å². The second-order valence-corrected chi connectivity index (χ2v) is 12.5. The van der Waals surface area contributed by atoms with Gasteiger partial charge in [-0.1, -0.05) is 68.4 Å². The minimum atomic E-state index is 0.0204. The number of benzene rings is 1. The lowest BCUT2D eigenvalue weighted by Gasteiger charge is -2.27. The molecule has 3 nitrogen and oxygen atoms in total. The zero-order valence-corrected chi connectivity index (χ0v) is 20.9. The topological polar surface area (TPSA) is 36.1 Å². The molecule has 2 atom stereocenters. The van der Waals surface area contributed by atoms with E-state index in [-0.39, 0.29) is 22.3 Å². The van der Waals surface area contributed by atoms with Gasteiger partial charge >= 0.3 is 0 Å². The molecule has 166 valence electrons. The minimum absolute atomic E-state index is 0.0204. The molecule has 3 heteroatoms. The Morgan fingerprint density at radius 2 is 1.63 bits per heavy atom. The van der Waals surface area contributed by atoms with Crippen LogP contribution in [0.3, 0.4) is 0 Å². The van der Waals surface area contributed by atoms with Crippen LogP contribution in [0.4, 0.5) is 0 Å². The van der Waals surface area contributed by atoms with Crippen LogP contribution in [0.1, 0.15) is 91.1 Å². The molecule has 1 N–H and O–H groups in total. The summed E-state index contributed by atoms with van der Waals surface area (Å²) in [4.78, 5) is 17.9. The number of hydrogen-bond donors (Lipinski definition) is 1. The van der Waals surface area contributed by atoms with Crippen molar-refractivity contribution in [1.82, 2.24) is 9.88 Å². The van der Waals surface area contributed by atoms with Gasteiger partial charge in [0, 0.05) is 22.0 Å². The van der Waals surface area contributed by atoms with Crippen LogP contribution in [-0.4, -0.2) is 35.8 Å². The zero-order valence-electron chi connectivity index (χ0n) is 20.9. The van der Waals surface area contributed by atoms with Crippen molar-refractivity contribution in [1.29, 1.82) is 0 Å². The molecule has 1 aromatic heterocycles. The highest BCUT2D eigenvalue weighted by molar-refractivity contribution is 5.90. The average Bonchev–Trinajstić information content (AvgIpc) is 3.13. The summed E-state index contributed by atoms with van der Waals surface area (Å²) in [6.45, 7) is 21.7. The lowest BCUT2D eigenvalue weighted by atomic mass is 9.76. The van der Waals surface area contributed by atoms with Crippen molar-refractivity contribution >= 4 is 17.2 Å². The van der Waals surface area contributed by atoms with E-state index < -0.39 is 0 Å². The number of hydrogen-bond acceptors (Lipinski definition) is 2. The smallest absolute Gasteiger partial charge is 0.137 e. The number of aromatic amines is 1. The molecule has 2 heterocycles. The molecule has 1 fully saturated rings. The Balaban J connectivity index is 2.30. The summed E-state index contributed by atoms with van der Waals surface area (Å²) in [6.07, 6.45) is 3.20. The molecule has 1 aliphatic heterocycles. The van der Waals surface area contributed by atoms with Crippen LogP contribution in [0.5, 0.6) is 0 Å². The standard InChI is InChI=1S/C27H42N2O/c1-25(2,3)18-14-20(26(4,5)6)23-19(13-17-11-12-29(10)22(17)16-30)24(27(7,8)9)28-21(23)15-18/h14-17,22,28H,11-13H2,1-10H3. The summed E-state index contributed by atoms with van der Waals surface area (Å²) in [5.41, 5.74) is 6.96. The number of nitrogens with one attached hydrogen (secondary N) is 1. The lowest BCUT2D eigenvalue weighted by Crippen LogP contribution is -2.32. The number of aromatic nitrogens is 1. The highest BCUT2D eigenvalue weighted by Crippen LogP contribution is 2.42. The third-order valence-electron chi connectivity index (χ3n) is 6.88. The normalized spacial score (nSPS) is 21.5. The van der Waals surface area contributed by atoms with Crippen molar-refractivity contribution in [2.45, 2.75) is 97.4 Å². The molecule has 0 radical (unpaired) electrons. The van der Waals surface area contributed by atoms with Crippen molar-refractivity contribution in [3.63, 3.8) is 0 Å². The van der Waals surface area contributed by atoms with E-state index >= 15 is 0 Å².